The molecule has 0 unspecified atom stereocenters. The van der Waals surface area contributed by atoms with Crippen molar-refractivity contribution in [1.29, 1.82) is 0 Å². The standard InChI is InChI=1S/C11H16FNO2S/c1-16(14,15)11-6-5-9(8-10(11)12)4-2-3-7-13/h5-6,8H,2-4,7,13H2,1H3. The molecule has 1 aromatic rings. The number of rotatable bonds is 5. The lowest BCUT2D eigenvalue weighted by Crippen LogP contribution is -2.02. The van der Waals surface area contributed by atoms with Crippen molar-refractivity contribution in [3.63, 3.8) is 0 Å². The van der Waals surface area contributed by atoms with Gasteiger partial charge in [0.25, 0.3) is 0 Å². The molecular weight excluding hydrogens is 229 g/mol. The lowest BCUT2D eigenvalue weighted by Gasteiger charge is -2.04. The lowest BCUT2D eigenvalue weighted by molar-refractivity contribution is 0.569. The van der Waals surface area contributed by atoms with E-state index < -0.39 is 15.7 Å². The Labute approximate surface area is 95.4 Å². The summed E-state index contributed by atoms with van der Waals surface area (Å²) in [6, 6.07) is 4.26. The van der Waals surface area contributed by atoms with Crippen LogP contribution in [0.4, 0.5) is 4.39 Å². The molecular formula is C11H16FNO2S. The summed E-state index contributed by atoms with van der Waals surface area (Å²) in [5.74, 6) is -0.673. The molecule has 3 nitrogen and oxygen atoms in total. The molecule has 0 aliphatic rings. The van der Waals surface area contributed by atoms with Gasteiger partial charge >= 0.3 is 0 Å². The molecule has 1 aromatic carbocycles. The van der Waals surface area contributed by atoms with Crippen LogP contribution in [-0.2, 0) is 16.3 Å². The predicted molar refractivity (Wildman–Crippen MR) is 61.5 cm³/mol. The van der Waals surface area contributed by atoms with Gasteiger partial charge in [-0.3, -0.25) is 0 Å². The normalized spacial score (nSPS) is 11.7. The summed E-state index contributed by atoms with van der Waals surface area (Å²) in [4.78, 5) is -0.241. The SMILES string of the molecule is CS(=O)(=O)c1ccc(CCCCN)cc1F. The van der Waals surface area contributed by atoms with E-state index in [1.807, 2.05) is 0 Å². The average Bonchev–Trinajstić information content (AvgIpc) is 2.16. The summed E-state index contributed by atoms with van der Waals surface area (Å²) in [6.45, 7) is 0.615. The molecule has 0 saturated heterocycles. The first-order valence-electron chi connectivity index (χ1n) is 5.13. The molecule has 0 aliphatic heterocycles. The van der Waals surface area contributed by atoms with E-state index in [-0.39, 0.29) is 4.90 Å². The van der Waals surface area contributed by atoms with Gasteiger partial charge in [0, 0.05) is 6.26 Å². The van der Waals surface area contributed by atoms with Crippen molar-refractivity contribution < 1.29 is 12.8 Å². The molecule has 0 bridgehead atoms. The third-order valence-electron chi connectivity index (χ3n) is 2.32. The first-order valence-corrected chi connectivity index (χ1v) is 7.03. The van der Waals surface area contributed by atoms with Crippen LogP contribution in [0.15, 0.2) is 23.1 Å². The van der Waals surface area contributed by atoms with Crippen LogP contribution in [0.1, 0.15) is 18.4 Å². The highest BCUT2D eigenvalue weighted by Gasteiger charge is 2.13. The van der Waals surface area contributed by atoms with Gasteiger partial charge in [-0.2, -0.15) is 0 Å². The van der Waals surface area contributed by atoms with Crippen LogP contribution in [0, 0.1) is 5.82 Å². The molecule has 0 fully saturated rings. The molecule has 5 heteroatoms. The number of aryl methyl sites for hydroxylation is 1. The van der Waals surface area contributed by atoms with Crippen molar-refractivity contribution in [2.45, 2.75) is 24.2 Å². The molecule has 0 aromatic heterocycles. The Bertz CT molecular complexity index is 457. The zero-order valence-corrected chi connectivity index (χ0v) is 10.1. The second-order valence-corrected chi connectivity index (χ2v) is 5.77. The van der Waals surface area contributed by atoms with Gasteiger partial charge in [0.1, 0.15) is 10.7 Å². The summed E-state index contributed by atoms with van der Waals surface area (Å²) < 4.78 is 35.8. The number of halogens is 1. The van der Waals surface area contributed by atoms with E-state index >= 15 is 0 Å². The number of nitrogens with two attached hydrogens (primary N) is 1. The molecule has 90 valence electrons. The van der Waals surface area contributed by atoms with Crippen LogP contribution in [0.25, 0.3) is 0 Å². The fraction of sp³-hybridized carbons (Fsp3) is 0.455. The van der Waals surface area contributed by atoms with Crippen LogP contribution >= 0.6 is 0 Å². The Morgan fingerprint density at radius 1 is 1.31 bits per heavy atom. The fourth-order valence-corrected chi connectivity index (χ4v) is 2.20. The van der Waals surface area contributed by atoms with E-state index in [1.54, 1.807) is 6.07 Å². The van der Waals surface area contributed by atoms with Crippen LogP contribution in [0.2, 0.25) is 0 Å². The molecule has 0 amide bonds. The fourth-order valence-electron chi connectivity index (χ4n) is 1.47. The van der Waals surface area contributed by atoms with Gasteiger partial charge in [0.15, 0.2) is 9.84 Å². The Morgan fingerprint density at radius 3 is 2.50 bits per heavy atom. The molecule has 1 rings (SSSR count). The van der Waals surface area contributed by atoms with Crippen molar-refractivity contribution in [2.75, 3.05) is 12.8 Å². The number of hydrogen-bond donors (Lipinski definition) is 1. The van der Waals surface area contributed by atoms with Crippen molar-refractivity contribution in [1.82, 2.24) is 0 Å². The molecule has 0 heterocycles. The van der Waals surface area contributed by atoms with Crippen LogP contribution < -0.4 is 5.73 Å². The maximum Gasteiger partial charge on any atom is 0.178 e. The van der Waals surface area contributed by atoms with Gasteiger partial charge in [-0.25, -0.2) is 12.8 Å². The summed E-state index contributed by atoms with van der Waals surface area (Å²) in [5.41, 5.74) is 6.15. The first-order chi connectivity index (χ1) is 7.45. The van der Waals surface area contributed by atoms with Crippen LogP contribution in [0.5, 0.6) is 0 Å². The number of hydrogen-bond acceptors (Lipinski definition) is 3. The summed E-state index contributed by atoms with van der Waals surface area (Å²) >= 11 is 0. The smallest absolute Gasteiger partial charge is 0.178 e. The zero-order valence-electron chi connectivity index (χ0n) is 9.24. The van der Waals surface area contributed by atoms with Gasteiger partial charge in [0.2, 0.25) is 0 Å². The predicted octanol–water partition coefficient (Wildman–Crippen LogP) is 1.51. The molecule has 0 radical (unpaired) electrons. The summed E-state index contributed by atoms with van der Waals surface area (Å²) in [7, 11) is -3.47. The van der Waals surface area contributed by atoms with E-state index in [9.17, 15) is 12.8 Å². The minimum Gasteiger partial charge on any atom is -0.330 e. The topological polar surface area (TPSA) is 60.2 Å². The lowest BCUT2D eigenvalue weighted by atomic mass is 10.1. The average molecular weight is 245 g/mol. The molecule has 0 atom stereocenters. The van der Waals surface area contributed by atoms with E-state index in [4.69, 9.17) is 5.73 Å². The van der Waals surface area contributed by atoms with Crippen LogP contribution in [-0.4, -0.2) is 21.2 Å². The minimum atomic E-state index is -3.47. The number of benzene rings is 1. The second kappa shape index (κ2) is 5.41. The van der Waals surface area contributed by atoms with Crippen molar-refractivity contribution in [3.05, 3.63) is 29.6 Å². The third kappa shape index (κ3) is 3.57. The summed E-state index contributed by atoms with van der Waals surface area (Å²) in [6.07, 6.45) is 3.49. The Morgan fingerprint density at radius 2 is 2.00 bits per heavy atom. The molecule has 16 heavy (non-hydrogen) atoms. The van der Waals surface area contributed by atoms with E-state index in [0.717, 1.165) is 31.1 Å². The van der Waals surface area contributed by atoms with Gasteiger partial charge < -0.3 is 5.73 Å². The van der Waals surface area contributed by atoms with Gasteiger partial charge in [-0.05, 0) is 43.5 Å². The maximum atomic E-state index is 13.5. The number of unbranched alkanes of at least 4 members (excludes halogenated alkanes) is 1. The van der Waals surface area contributed by atoms with Gasteiger partial charge in [-0.15, -0.1) is 0 Å². The van der Waals surface area contributed by atoms with Crippen LogP contribution in [0.3, 0.4) is 0 Å². The zero-order chi connectivity index (χ0) is 12.2. The Balaban J connectivity index is 2.83. The molecule has 2 N–H and O–H groups in total. The van der Waals surface area contributed by atoms with E-state index in [2.05, 4.69) is 0 Å². The van der Waals surface area contributed by atoms with Crippen molar-refractivity contribution >= 4 is 9.84 Å². The number of sulfone groups is 1. The van der Waals surface area contributed by atoms with E-state index in [0.29, 0.717) is 6.54 Å². The van der Waals surface area contributed by atoms with Crippen molar-refractivity contribution in [3.8, 4) is 0 Å². The highest BCUT2D eigenvalue weighted by atomic mass is 32.2. The monoisotopic (exact) mass is 245 g/mol. The highest BCUT2D eigenvalue weighted by molar-refractivity contribution is 7.90. The Kier molecular flexibility index (Phi) is 4.44. The quantitative estimate of drug-likeness (QED) is 0.800. The Hall–Kier alpha value is -0.940. The molecule has 0 spiro atoms. The maximum absolute atomic E-state index is 13.5. The van der Waals surface area contributed by atoms with E-state index in [1.165, 1.54) is 12.1 Å². The third-order valence-corrected chi connectivity index (χ3v) is 3.45. The van der Waals surface area contributed by atoms with Gasteiger partial charge in [0.05, 0.1) is 0 Å². The largest absolute Gasteiger partial charge is 0.330 e. The minimum absolute atomic E-state index is 0.241. The highest BCUT2D eigenvalue weighted by Crippen LogP contribution is 2.17. The molecule has 0 saturated carbocycles. The van der Waals surface area contributed by atoms with Crippen molar-refractivity contribution in [2.24, 2.45) is 5.73 Å². The first kappa shape index (κ1) is 13.1. The summed E-state index contributed by atoms with van der Waals surface area (Å²) in [5, 5.41) is 0. The second-order valence-electron chi connectivity index (χ2n) is 3.78. The van der Waals surface area contributed by atoms with Gasteiger partial charge in [-0.1, -0.05) is 6.07 Å². The molecule has 0 aliphatic carbocycles.